The third-order valence-electron chi connectivity index (χ3n) is 1.65. The smallest absolute Gasteiger partial charge is 0.101 e. The van der Waals surface area contributed by atoms with Gasteiger partial charge in [-0.3, -0.25) is 0 Å². The van der Waals surface area contributed by atoms with Crippen LogP contribution in [0, 0.1) is 6.92 Å². The van der Waals surface area contributed by atoms with Crippen LogP contribution in [-0.2, 0) is 0 Å². The molecule has 1 aromatic rings. The average molecular weight is 178 g/mol. The highest BCUT2D eigenvalue weighted by Crippen LogP contribution is 1.92. The maximum atomic E-state index is 2.23. The Morgan fingerprint density at radius 1 is 1.17 bits per heavy atom. The SMILES string of the molecule is CCC[CH2][AlH2].Cc1ccccc1. The van der Waals surface area contributed by atoms with Gasteiger partial charge in [0.15, 0.2) is 0 Å². The molecule has 0 aliphatic carbocycles. The standard InChI is InChI=1S/C7H8.C4H9.Al.2H/c1-7-5-3-2-4-6-7;1-3-4-2;;;/h2-6H,1H3;1,3-4H2,2H3;;;. The first-order valence-electron chi connectivity index (χ1n) is 4.82. The van der Waals surface area contributed by atoms with Crippen LogP contribution in [0.25, 0.3) is 0 Å². The van der Waals surface area contributed by atoms with Crippen LogP contribution in [0.5, 0.6) is 0 Å². The van der Waals surface area contributed by atoms with E-state index in [1.807, 2.05) is 18.2 Å². The summed E-state index contributed by atoms with van der Waals surface area (Å²) in [6.07, 6.45) is 2.83. The van der Waals surface area contributed by atoms with Gasteiger partial charge < -0.3 is 0 Å². The Bertz CT molecular complexity index is 168. The lowest BCUT2D eigenvalue weighted by Gasteiger charge is -1.82. The van der Waals surface area contributed by atoms with Crippen molar-refractivity contribution < 1.29 is 0 Å². The molecule has 0 unspecified atom stereocenters. The molecule has 0 amide bonds. The molecule has 0 spiro atoms. The molecule has 0 fully saturated rings. The largest absolute Gasteiger partial charge is 0.211 e. The number of unbranched alkanes of at least 4 members (excludes halogenated alkanes) is 1. The second-order valence-corrected chi connectivity index (χ2v) is 4.01. The van der Waals surface area contributed by atoms with Crippen LogP contribution in [-0.4, -0.2) is 16.3 Å². The van der Waals surface area contributed by atoms with E-state index in [1.165, 1.54) is 40.0 Å². The van der Waals surface area contributed by atoms with Crippen LogP contribution in [0.15, 0.2) is 30.3 Å². The molecule has 0 N–H and O–H groups in total. The second-order valence-electron chi connectivity index (χ2n) is 3.01. The highest BCUT2D eigenvalue weighted by molar-refractivity contribution is 6.08. The van der Waals surface area contributed by atoms with E-state index in [4.69, 9.17) is 0 Å². The molecule has 1 aromatic carbocycles. The van der Waals surface area contributed by atoms with Gasteiger partial charge in [0.1, 0.15) is 0 Å². The molecule has 0 saturated carbocycles. The van der Waals surface area contributed by atoms with E-state index < -0.39 is 0 Å². The molecule has 1 heteroatoms. The molecule has 0 atom stereocenters. The summed E-state index contributed by atoms with van der Waals surface area (Å²) in [5.41, 5.74) is 1.32. The Morgan fingerprint density at radius 2 is 1.75 bits per heavy atom. The van der Waals surface area contributed by atoms with Crippen LogP contribution < -0.4 is 0 Å². The summed E-state index contributed by atoms with van der Waals surface area (Å²) >= 11 is 1.40. The van der Waals surface area contributed by atoms with Gasteiger partial charge in [0.05, 0.1) is 0 Å². The normalized spacial score (nSPS) is 8.50. The number of benzene rings is 1. The van der Waals surface area contributed by atoms with E-state index in [0.717, 1.165) is 0 Å². The van der Waals surface area contributed by atoms with Crippen LogP contribution >= 0.6 is 0 Å². The minimum absolute atomic E-state index is 1.32. The molecule has 12 heavy (non-hydrogen) atoms. The predicted octanol–water partition coefficient (Wildman–Crippen LogP) is 2.83. The Morgan fingerprint density at radius 3 is 1.92 bits per heavy atom. The van der Waals surface area contributed by atoms with Crippen molar-refractivity contribution in [3.05, 3.63) is 35.9 Å². The minimum Gasteiger partial charge on any atom is -0.101 e. The first kappa shape index (κ1) is 11.8. The topological polar surface area (TPSA) is 0 Å². The van der Waals surface area contributed by atoms with Crippen LogP contribution in [0.1, 0.15) is 25.3 Å². The lowest BCUT2D eigenvalue weighted by molar-refractivity contribution is 0.884. The third-order valence-corrected chi connectivity index (χ3v) is 2.35. The Kier molecular flexibility index (Phi) is 8.66. The summed E-state index contributed by atoms with van der Waals surface area (Å²) in [5.74, 6) is 0. The molecule has 0 aliphatic heterocycles. The van der Waals surface area contributed by atoms with Gasteiger partial charge in [-0.2, -0.15) is 0 Å². The predicted molar refractivity (Wildman–Crippen MR) is 59.4 cm³/mol. The van der Waals surface area contributed by atoms with Gasteiger partial charge in [-0.25, -0.2) is 0 Å². The summed E-state index contributed by atoms with van der Waals surface area (Å²) in [4.78, 5) is 0. The number of aryl methyl sites for hydroxylation is 1. The fraction of sp³-hybridized carbons (Fsp3) is 0.455. The highest BCUT2D eigenvalue weighted by Gasteiger charge is 1.72. The zero-order valence-corrected chi connectivity index (χ0v) is 10.5. The Labute approximate surface area is 84.4 Å². The fourth-order valence-electron chi connectivity index (χ4n) is 0.888. The highest BCUT2D eigenvalue weighted by atomic mass is 27.0. The molecule has 0 bridgehead atoms. The maximum absolute atomic E-state index is 2.23. The van der Waals surface area contributed by atoms with E-state index in [-0.39, 0.29) is 0 Å². The van der Waals surface area contributed by atoms with Crippen molar-refractivity contribution in [1.82, 2.24) is 0 Å². The van der Waals surface area contributed by atoms with Gasteiger partial charge in [0, 0.05) is 0 Å². The van der Waals surface area contributed by atoms with Crippen molar-refractivity contribution in [2.45, 2.75) is 32.0 Å². The van der Waals surface area contributed by atoms with Crippen molar-refractivity contribution in [3.63, 3.8) is 0 Å². The molecule has 0 heterocycles. The van der Waals surface area contributed by atoms with E-state index in [9.17, 15) is 0 Å². The number of hydrogen-bond donors (Lipinski definition) is 0. The summed E-state index contributed by atoms with van der Waals surface area (Å²) in [7, 11) is 0. The lowest BCUT2D eigenvalue weighted by Crippen LogP contribution is -1.63. The zero-order chi connectivity index (χ0) is 9.23. The maximum Gasteiger partial charge on any atom is 0.211 e. The lowest BCUT2D eigenvalue weighted by atomic mass is 10.2. The van der Waals surface area contributed by atoms with Gasteiger partial charge in [-0.15, -0.1) is 5.28 Å². The summed E-state index contributed by atoms with van der Waals surface area (Å²) < 4.78 is 0. The van der Waals surface area contributed by atoms with Crippen molar-refractivity contribution >= 4 is 16.3 Å². The van der Waals surface area contributed by atoms with Gasteiger partial charge in [0.25, 0.3) is 0 Å². The van der Waals surface area contributed by atoms with Crippen molar-refractivity contribution in [2.75, 3.05) is 0 Å². The van der Waals surface area contributed by atoms with Crippen molar-refractivity contribution in [2.24, 2.45) is 0 Å². The summed E-state index contributed by atoms with van der Waals surface area (Å²) in [5, 5.41) is 1.48. The molecule has 0 saturated heterocycles. The molecule has 0 aromatic heterocycles. The van der Waals surface area contributed by atoms with E-state index >= 15 is 0 Å². The van der Waals surface area contributed by atoms with Crippen molar-refractivity contribution in [1.29, 1.82) is 0 Å². The molecular formula is C11H19Al. The zero-order valence-electron chi connectivity index (χ0n) is 8.51. The van der Waals surface area contributed by atoms with Crippen LogP contribution in [0.4, 0.5) is 0 Å². The molecular weight excluding hydrogens is 159 g/mol. The summed E-state index contributed by atoms with van der Waals surface area (Å²) in [6.45, 7) is 4.32. The molecule has 0 nitrogen and oxygen atoms in total. The number of rotatable bonds is 2. The Hall–Kier alpha value is -0.248. The van der Waals surface area contributed by atoms with E-state index in [2.05, 4.69) is 26.0 Å². The Balaban J connectivity index is 0.000000217. The summed E-state index contributed by atoms with van der Waals surface area (Å²) in [6, 6.07) is 10.3. The van der Waals surface area contributed by atoms with Crippen molar-refractivity contribution in [3.8, 4) is 0 Å². The van der Waals surface area contributed by atoms with Crippen LogP contribution in [0.2, 0.25) is 5.28 Å². The fourth-order valence-corrected chi connectivity index (χ4v) is 1.60. The van der Waals surface area contributed by atoms with E-state index in [1.54, 1.807) is 0 Å². The van der Waals surface area contributed by atoms with E-state index in [0.29, 0.717) is 0 Å². The quantitative estimate of drug-likeness (QED) is 0.611. The first-order chi connectivity index (χ1) is 5.81. The third kappa shape index (κ3) is 7.86. The van der Waals surface area contributed by atoms with Gasteiger partial charge in [-0.05, 0) is 6.92 Å². The number of hydrogen-bond acceptors (Lipinski definition) is 0. The monoisotopic (exact) mass is 178 g/mol. The molecule has 0 aliphatic rings. The molecule has 66 valence electrons. The van der Waals surface area contributed by atoms with Gasteiger partial charge in [-0.1, -0.05) is 55.7 Å². The second kappa shape index (κ2) is 8.85. The molecule has 1 rings (SSSR count). The van der Waals surface area contributed by atoms with Crippen LogP contribution in [0.3, 0.4) is 0 Å². The van der Waals surface area contributed by atoms with Gasteiger partial charge >= 0.3 is 0 Å². The average Bonchev–Trinajstić information content (AvgIpc) is 2.08. The first-order valence-corrected chi connectivity index (χ1v) is 6.24. The molecule has 0 radical (unpaired) electrons. The minimum atomic E-state index is 1.32. The van der Waals surface area contributed by atoms with Gasteiger partial charge in [0.2, 0.25) is 16.3 Å².